The van der Waals surface area contributed by atoms with Crippen LogP contribution in [0.5, 0.6) is 5.75 Å². The van der Waals surface area contributed by atoms with Crippen LogP contribution in [0.2, 0.25) is 0 Å². The number of pyridine rings is 1. The SMILES string of the molecule is CC(C)c1cc(-c2nc3c(-c4cc(-c5cc(-c6ccccc6)ccn5)cc(C(C)(C)C)c4)cccc3n2-c2cc(-c3ccccc3)c(C(C)(C)C)cc2-c2ccccc2)c(O)c(C(C)C)c1. The smallest absolute Gasteiger partial charge is 0.149 e. The van der Waals surface area contributed by atoms with Gasteiger partial charge >= 0.3 is 0 Å². The number of phenols is 1. The number of aromatic hydroxyl groups is 1. The Bertz CT molecular complexity index is 3200. The Labute approximate surface area is 391 Å². The third kappa shape index (κ3) is 8.49. The Morgan fingerprint density at radius 1 is 0.485 bits per heavy atom. The van der Waals surface area contributed by atoms with Crippen LogP contribution in [0.3, 0.4) is 0 Å². The molecule has 4 nitrogen and oxygen atoms in total. The second-order valence-electron chi connectivity index (χ2n) is 20.5. The highest BCUT2D eigenvalue weighted by Crippen LogP contribution is 2.47. The summed E-state index contributed by atoms with van der Waals surface area (Å²) in [4.78, 5) is 10.7. The van der Waals surface area contributed by atoms with E-state index in [-0.39, 0.29) is 28.4 Å². The Morgan fingerprint density at radius 2 is 1.11 bits per heavy atom. The first-order chi connectivity index (χ1) is 31.6. The molecule has 0 aliphatic rings. The molecular weight excluding hydrogens is 803 g/mol. The summed E-state index contributed by atoms with van der Waals surface area (Å²) in [6.07, 6.45) is 1.91. The molecule has 0 atom stereocenters. The number of hydrogen-bond acceptors (Lipinski definition) is 3. The fourth-order valence-electron chi connectivity index (χ4n) is 9.24. The zero-order chi connectivity index (χ0) is 46.5. The number of benzene rings is 7. The van der Waals surface area contributed by atoms with Crippen LogP contribution < -0.4 is 0 Å². The van der Waals surface area contributed by atoms with Gasteiger partial charge in [-0.05, 0) is 127 Å². The first-order valence-electron chi connectivity index (χ1n) is 23.4. The van der Waals surface area contributed by atoms with Crippen molar-refractivity contribution in [3.8, 4) is 78.6 Å². The van der Waals surface area contributed by atoms with E-state index in [1.807, 2.05) is 6.20 Å². The number of fused-ring (bicyclic) bond motifs is 1. The van der Waals surface area contributed by atoms with Gasteiger partial charge in [0.05, 0.1) is 28.0 Å². The Hall–Kier alpha value is -7.04. The monoisotopic (exact) mass is 863 g/mol. The van der Waals surface area contributed by atoms with Crippen molar-refractivity contribution in [3.05, 3.63) is 192 Å². The van der Waals surface area contributed by atoms with Gasteiger partial charge in [-0.15, -0.1) is 0 Å². The van der Waals surface area contributed by atoms with E-state index in [1.54, 1.807) is 0 Å². The minimum atomic E-state index is -0.165. The zero-order valence-electron chi connectivity index (χ0n) is 40.1. The molecule has 2 aromatic heterocycles. The first-order valence-corrected chi connectivity index (χ1v) is 23.4. The van der Waals surface area contributed by atoms with E-state index in [1.165, 1.54) is 11.1 Å². The molecule has 0 aliphatic carbocycles. The van der Waals surface area contributed by atoms with Gasteiger partial charge in [0.25, 0.3) is 0 Å². The van der Waals surface area contributed by atoms with E-state index >= 15 is 0 Å². The second kappa shape index (κ2) is 17.4. The lowest BCUT2D eigenvalue weighted by Crippen LogP contribution is -2.14. The average molecular weight is 864 g/mol. The van der Waals surface area contributed by atoms with Crippen molar-refractivity contribution in [2.24, 2.45) is 0 Å². The summed E-state index contributed by atoms with van der Waals surface area (Å²) in [7, 11) is 0. The van der Waals surface area contributed by atoms with E-state index in [2.05, 4.69) is 238 Å². The predicted octanol–water partition coefficient (Wildman–Crippen LogP) is 17.0. The van der Waals surface area contributed by atoms with Crippen molar-refractivity contribution in [2.75, 3.05) is 0 Å². The minimum Gasteiger partial charge on any atom is -0.507 e. The lowest BCUT2D eigenvalue weighted by molar-refractivity contribution is 0.466. The van der Waals surface area contributed by atoms with Gasteiger partial charge in [-0.2, -0.15) is 0 Å². The van der Waals surface area contributed by atoms with E-state index in [9.17, 15) is 5.11 Å². The minimum absolute atomic E-state index is 0.0963. The molecule has 0 saturated heterocycles. The van der Waals surface area contributed by atoms with Crippen LogP contribution in [0, 0.1) is 0 Å². The summed E-state index contributed by atoms with van der Waals surface area (Å²) in [6.45, 7) is 22.4. The predicted molar refractivity (Wildman–Crippen MR) is 279 cm³/mol. The molecule has 0 fully saturated rings. The summed E-state index contributed by atoms with van der Waals surface area (Å²) in [5, 5.41) is 12.5. The molecule has 9 aromatic rings. The molecule has 0 radical (unpaired) electrons. The highest BCUT2D eigenvalue weighted by molar-refractivity contribution is 5.98. The van der Waals surface area contributed by atoms with Gasteiger partial charge in [-0.3, -0.25) is 9.55 Å². The normalized spacial score (nSPS) is 12.1. The van der Waals surface area contributed by atoms with Gasteiger partial charge in [0.2, 0.25) is 0 Å². The average Bonchev–Trinajstić information content (AvgIpc) is 3.70. The van der Waals surface area contributed by atoms with Crippen LogP contribution >= 0.6 is 0 Å². The third-order valence-electron chi connectivity index (χ3n) is 13.0. The van der Waals surface area contributed by atoms with Gasteiger partial charge in [-0.25, -0.2) is 4.98 Å². The second-order valence-corrected chi connectivity index (χ2v) is 20.5. The van der Waals surface area contributed by atoms with Crippen molar-refractivity contribution in [2.45, 2.75) is 91.9 Å². The molecule has 66 heavy (non-hydrogen) atoms. The van der Waals surface area contributed by atoms with Gasteiger partial charge in [-0.1, -0.05) is 184 Å². The van der Waals surface area contributed by atoms with Crippen molar-refractivity contribution in [1.29, 1.82) is 0 Å². The molecular formula is C62H61N3O. The van der Waals surface area contributed by atoms with Crippen LogP contribution in [0.25, 0.3) is 83.9 Å². The highest BCUT2D eigenvalue weighted by atomic mass is 16.3. The largest absolute Gasteiger partial charge is 0.507 e. The van der Waals surface area contributed by atoms with Crippen LogP contribution in [-0.4, -0.2) is 19.6 Å². The number of nitrogens with zero attached hydrogens (tertiary/aromatic N) is 3. The van der Waals surface area contributed by atoms with Crippen molar-refractivity contribution < 1.29 is 5.11 Å². The van der Waals surface area contributed by atoms with Crippen LogP contribution in [0.1, 0.15) is 103 Å². The molecule has 0 aliphatic heterocycles. The van der Waals surface area contributed by atoms with Crippen LogP contribution in [0.15, 0.2) is 170 Å². The number of para-hydroxylation sites is 1. The molecule has 1 N–H and O–H groups in total. The van der Waals surface area contributed by atoms with Gasteiger partial charge < -0.3 is 5.11 Å². The van der Waals surface area contributed by atoms with Gasteiger partial charge in [0.1, 0.15) is 11.6 Å². The highest BCUT2D eigenvalue weighted by Gasteiger charge is 2.28. The number of aromatic nitrogens is 3. The first kappa shape index (κ1) is 44.2. The Balaban J connectivity index is 1.40. The fourth-order valence-corrected chi connectivity index (χ4v) is 9.24. The molecule has 0 bridgehead atoms. The summed E-state index contributed by atoms with van der Waals surface area (Å²) in [5.41, 5.74) is 18.6. The Morgan fingerprint density at radius 3 is 1.71 bits per heavy atom. The molecule has 0 unspecified atom stereocenters. The number of imidazole rings is 1. The lowest BCUT2D eigenvalue weighted by atomic mass is 9.79. The summed E-state index contributed by atoms with van der Waals surface area (Å²) < 4.78 is 2.32. The van der Waals surface area contributed by atoms with Gasteiger partial charge in [0.15, 0.2) is 0 Å². The maximum absolute atomic E-state index is 12.5. The van der Waals surface area contributed by atoms with Crippen molar-refractivity contribution in [1.82, 2.24) is 14.5 Å². The van der Waals surface area contributed by atoms with Crippen LogP contribution in [-0.2, 0) is 10.8 Å². The molecule has 0 spiro atoms. The number of phenolic OH excluding ortho intramolecular Hbond substituents is 1. The quantitative estimate of drug-likeness (QED) is 0.157. The topological polar surface area (TPSA) is 50.9 Å². The van der Waals surface area contributed by atoms with E-state index in [0.29, 0.717) is 5.82 Å². The molecule has 0 amide bonds. The van der Waals surface area contributed by atoms with E-state index in [0.717, 1.165) is 89.2 Å². The maximum Gasteiger partial charge on any atom is 0.149 e. The van der Waals surface area contributed by atoms with Gasteiger partial charge in [0, 0.05) is 22.9 Å². The third-order valence-corrected chi connectivity index (χ3v) is 13.0. The molecule has 330 valence electrons. The number of hydrogen-bond donors (Lipinski definition) is 1. The van der Waals surface area contributed by atoms with Crippen molar-refractivity contribution in [3.63, 3.8) is 0 Å². The molecule has 0 saturated carbocycles. The lowest BCUT2D eigenvalue weighted by Gasteiger charge is -2.27. The molecule has 2 heterocycles. The summed E-state index contributed by atoms with van der Waals surface area (Å²) in [6, 6.07) is 58.7. The number of rotatable bonds is 9. The molecule has 7 aromatic carbocycles. The van der Waals surface area contributed by atoms with Crippen molar-refractivity contribution >= 4 is 11.0 Å². The Kier molecular flexibility index (Phi) is 11.6. The zero-order valence-corrected chi connectivity index (χ0v) is 40.1. The molecule has 9 rings (SSSR count). The molecule has 4 heteroatoms. The summed E-state index contributed by atoms with van der Waals surface area (Å²) >= 11 is 0. The maximum atomic E-state index is 12.5. The standard InChI is InChI=1S/C62H61N3O/c1-39(2)45-34-50(40(3)4)59(66)53(35-45)60-64-58-49(46-31-47(33-48(32-46)61(5,6)7)55-36-44(29-30-63-55)41-21-14-11-15-22-41)27-20-28-56(58)65(60)57-38-51(42-23-16-12-17-24-42)54(62(8,9)10)37-52(57)43-25-18-13-19-26-43/h11-40,66H,1-10H3. The van der Waals surface area contributed by atoms with E-state index < -0.39 is 0 Å². The summed E-state index contributed by atoms with van der Waals surface area (Å²) in [5.74, 6) is 1.30. The van der Waals surface area contributed by atoms with Crippen LogP contribution in [0.4, 0.5) is 0 Å². The van der Waals surface area contributed by atoms with E-state index in [4.69, 9.17) is 9.97 Å². The fraction of sp³-hybridized carbons (Fsp3) is 0.226.